The van der Waals surface area contributed by atoms with Crippen LogP contribution in [0.4, 0.5) is 0 Å². The van der Waals surface area contributed by atoms with Gasteiger partial charge in [0.2, 0.25) is 0 Å². The normalized spacial score (nSPS) is 28.8. The Morgan fingerprint density at radius 3 is 2.65 bits per heavy atom. The fraction of sp³-hybridized carbons (Fsp3) is 0.200. The van der Waals surface area contributed by atoms with E-state index in [1.54, 1.807) is 5.57 Å². The molecular weight excluding hydrogens is 240 g/mol. The maximum Gasteiger partial charge on any atom is 0.0234 e. The fourth-order valence-corrected chi connectivity index (χ4v) is 3.47. The lowest BCUT2D eigenvalue weighted by Crippen LogP contribution is -2.02. The summed E-state index contributed by atoms with van der Waals surface area (Å²) in [5.74, 6) is 1.06. The third kappa shape index (κ3) is 1.92. The third-order valence-electron chi connectivity index (χ3n) is 4.57. The van der Waals surface area contributed by atoms with Crippen molar-refractivity contribution in [3.05, 3.63) is 95.2 Å². The topological polar surface area (TPSA) is 0 Å². The van der Waals surface area contributed by atoms with Crippen molar-refractivity contribution in [1.29, 1.82) is 0 Å². The maximum atomic E-state index is 2.32. The molecule has 0 N–H and O–H groups in total. The van der Waals surface area contributed by atoms with Gasteiger partial charge in [-0.15, -0.1) is 0 Å². The molecule has 4 aliphatic rings. The number of fused-ring (bicyclic) bond motifs is 2. The van der Waals surface area contributed by atoms with Gasteiger partial charge in [0.15, 0.2) is 0 Å². The van der Waals surface area contributed by atoms with E-state index in [1.165, 1.54) is 16.7 Å². The minimum absolute atomic E-state index is 0.527. The standard InChI is InChI=1S/C20H18/c1-3-7-19-15(5-1)9-11-17(19)13-14-18-12-10-16-6-2-4-8-20(16)18/h1-12,15,20H,13-14H2. The van der Waals surface area contributed by atoms with Crippen molar-refractivity contribution in [3.8, 4) is 0 Å². The van der Waals surface area contributed by atoms with E-state index in [4.69, 9.17) is 0 Å². The molecule has 2 unspecified atom stereocenters. The van der Waals surface area contributed by atoms with Gasteiger partial charge in [-0.05, 0) is 29.6 Å². The van der Waals surface area contributed by atoms with Crippen molar-refractivity contribution in [1.82, 2.24) is 0 Å². The molecule has 0 saturated heterocycles. The minimum atomic E-state index is 0.527. The van der Waals surface area contributed by atoms with Crippen molar-refractivity contribution < 1.29 is 0 Å². The highest BCUT2D eigenvalue weighted by atomic mass is 14.3. The molecule has 0 aliphatic heterocycles. The molecule has 0 aromatic rings. The van der Waals surface area contributed by atoms with Crippen molar-refractivity contribution >= 4 is 0 Å². The summed E-state index contributed by atoms with van der Waals surface area (Å²) in [4.78, 5) is 0. The van der Waals surface area contributed by atoms with E-state index in [1.807, 2.05) is 0 Å². The van der Waals surface area contributed by atoms with E-state index in [2.05, 4.69) is 72.9 Å². The largest absolute Gasteiger partial charge is 0.0732 e. The second-order valence-electron chi connectivity index (χ2n) is 5.74. The second kappa shape index (κ2) is 4.79. The Kier molecular flexibility index (Phi) is 2.81. The van der Waals surface area contributed by atoms with Gasteiger partial charge < -0.3 is 0 Å². The molecule has 98 valence electrons. The summed E-state index contributed by atoms with van der Waals surface area (Å²) >= 11 is 0. The van der Waals surface area contributed by atoms with Gasteiger partial charge in [0.1, 0.15) is 0 Å². The zero-order chi connectivity index (χ0) is 13.4. The van der Waals surface area contributed by atoms with Crippen LogP contribution in [0.25, 0.3) is 0 Å². The molecule has 0 saturated carbocycles. The van der Waals surface area contributed by atoms with Crippen LogP contribution >= 0.6 is 0 Å². The Morgan fingerprint density at radius 2 is 1.65 bits per heavy atom. The Balaban J connectivity index is 1.47. The van der Waals surface area contributed by atoms with Gasteiger partial charge in [-0.1, -0.05) is 78.5 Å². The molecule has 2 atom stereocenters. The van der Waals surface area contributed by atoms with E-state index in [0.717, 1.165) is 12.8 Å². The lowest BCUT2D eigenvalue weighted by molar-refractivity contribution is 0.817. The summed E-state index contributed by atoms with van der Waals surface area (Å²) in [7, 11) is 0. The second-order valence-corrected chi connectivity index (χ2v) is 5.74. The van der Waals surface area contributed by atoms with Crippen molar-refractivity contribution in [3.63, 3.8) is 0 Å². The molecule has 0 heterocycles. The van der Waals surface area contributed by atoms with Crippen LogP contribution in [0.15, 0.2) is 95.2 Å². The predicted molar refractivity (Wildman–Crippen MR) is 85.1 cm³/mol. The van der Waals surface area contributed by atoms with E-state index < -0.39 is 0 Å². The molecule has 0 nitrogen and oxygen atoms in total. The van der Waals surface area contributed by atoms with Crippen molar-refractivity contribution in [2.75, 3.05) is 0 Å². The summed E-state index contributed by atoms with van der Waals surface area (Å²) in [5.41, 5.74) is 6.01. The average molecular weight is 258 g/mol. The molecule has 0 aromatic heterocycles. The summed E-state index contributed by atoms with van der Waals surface area (Å²) in [6, 6.07) is 0. The number of allylic oxidation sites excluding steroid dienone is 16. The van der Waals surface area contributed by atoms with Crippen LogP contribution in [0, 0.1) is 11.8 Å². The molecule has 0 aromatic carbocycles. The highest BCUT2D eigenvalue weighted by Crippen LogP contribution is 2.37. The Hall–Kier alpha value is -2.08. The first-order valence-electron chi connectivity index (χ1n) is 7.43. The number of hydrogen-bond acceptors (Lipinski definition) is 0. The minimum Gasteiger partial charge on any atom is -0.0732 e. The highest BCUT2D eigenvalue weighted by molar-refractivity contribution is 5.50. The van der Waals surface area contributed by atoms with Crippen LogP contribution in [0.3, 0.4) is 0 Å². The monoisotopic (exact) mass is 258 g/mol. The van der Waals surface area contributed by atoms with Gasteiger partial charge in [0.05, 0.1) is 0 Å². The van der Waals surface area contributed by atoms with Gasteiger partial charge >= 0.3 is 0 Å². The first kappa shape index (κ1) is 11.7. The molecule has 0 bridgehead atoms. The van der Waals surface area contributed by atoms with E-state index in [0.29, 0.717) is 11.8 Å². The lowest BCUT2D eigenvalue weighted by atomic mass is 9.88. The van der Waals surface area contributed by atoms with Crippen LogP contribution in [0.5, 0.6) is 0 Å². The average Bonchev–Trinajstić information content (AvgIpc) is 3.09. The van der Waals surface area contributed by atoms with Gasteiger partial charge in [0, 0.05) is 11.8 Å². The van der Waals surface area contributed by atoms with Crippen LogP contribution < -0.4 is 0 Å². The van der Waals surface area contributed by atoms with Crippen LogP contribution in [-0.4, -0.2) is 0 Å². The first-order chi connectivity index (χ1) is 9.92. The molecule has 20 heavy (non-hydrogen) atoms. The van der Waals surface area contributed by atoms with Crippen molar-refractivity contribution in [2.24, 2.45) is 11.8 Å². The highest BCUT2D eigenvalue weighted by Gasteiger charge is 2.22. The molecule has 4 rings (SSSR count). The molecule has 0 spiro atoms. The molecule has 0 heteroatoms. The van der Waals surface area contributed by atoms with Gasteiger partial charge in [-0.3, -0.25) is 0 Å². The number of rotatable bonds is 3. The number of hydrogen-bond donors (Lipinski definition) is 0. The summed E-state index contributed by atoms with van der Waals surface area (Å²) in [6.45, 7) is 0. The quantitative estimate of drug-likeness (QED) is 0.669. The predicted octanol–water partition coefficient (Wildman–Crippen LogP) is 4.98. The first-order valence-corrected chi connectivity index (χ1v) is 7.43. The van der Waals surface area contributed by atoms with Crippen LogP contribution in [0.1, 0.15) is 12.8 Å². The summed E-state index contributed by atoms with van der Waals surface area (Å²) in [6.07, 6.45) is 29.3. The maximum absolute atomic E-state index is 2.32. The zero-order valence-electron chi connectivity index (χ0n) is 11.5. The van der Waals surface area contributed by atoms with E-state index >= 15 is 0 Å². The smallest absolute Gasteiger partial charge is 0.0234 e. The molecule has 0 fully saturated rings. The van der Waals surface area contributed by atoms with E-state index in [-0.39, 0.29) is 0 Å². The Labute approximate surface area is 120 Å². The fourth-order valence-electron chi connectivity index (χ4n) is 3.47. The van der Waals surface area contributed by atoms with Gasteiger partial charge in [0.25, 0.3) is 0 Å². The van der Waals surface area contributed by atoms with Gasteiger partial charge in [-0.25, -0.2) is 0 Å². The molecule has 0 radical (unpaired) electrons. The van der Waals surface area contributed by atoms with Crippen LogP contribution in [-0.2, 0) is 0 Å². The SMILES string of the molecule is C1=CC2=CC=C(CCC3=C4C=CC=CC4C=C3)C2C=C1. The molecule has 0 amide bonds. The zero-order valence-corrected chi connectivity index (χ0v) is 11.5. The molecule has 4 aliphatic carbocycles. The lowest BCUT2D eigenvalue weighted by Gasteiger charge is -2.17. The van der Waals surface area contributed by atoms with Gasteiger partial charge in [-0.2, -0.15) is 0 Å². The van der Waals surface area contributed by atoms with Crippen molar-refractivity contribution in [2.45, 2.75) is 12.8 Å². The Morgan fingerprint density at radius 1 is 0.750 bits per heavy atom. The van der Waals surface area contributed by atoms with Crippen LogP contribution in [0.2, 0.25) is 0 Å². The third-order valence-corrected chi connectivity index (χ3v) is 4.57. The molecular formula is C20H18. The van der Waals surface area contributed by atoms with E-state index in [9.17, 15) is 0 Å². The Bertz CT molecular complexity index is 669. The summed E-state index contributed by atoms with van der Waals surface area (Å²) in [5, 5.41) is 0. The summed E-state index contributed by atoms with van der Waals surface area (Å²) < 4.78 is 0.